The number of aliphatic carboxylic acids is 1. The van der Waals surface area contributed by atoms with Crippen LogP contribution in [-0.2, 0) is 20.5 Å². The molecule has 41 heavy (non-hydrogen) atoms. The van der Waals surface area contributed by atoms with Crippen LogP contribution < -0.4 is 20.3 Å². The van der Waals surface area contributed by atoms with Gasteiger partial charge in [-0.3, -0.25) is 14.5 Å². The van der Waals surface area contributed by atoms with E-state index < -0.39 is 54.8 Å². The molecule has 2 aliphatic heterocycles. The van der Waals surface area contributed by atoms with Crippen molar-refractivity contribution in [2.75, 3.05) is 51.3 Å². The lowest BCUT2D eigenvalue weighted by Crippen LogP contribution is -2.48. The SMILES string of the molecule is COc1ccc(N2CCC(N3C[C@@H](NC(=O)CNC(=O)c4cccc(C(F)(F)F)c4)[C@H](OCC(=O)O)C3)CC2)cn1. The molecule has 2 atom stereocenters. The number of nitrogens with one attached hydrogen (secondary N) is 2. The van der Waals surface area contributed by atoms with Crippen molar-refractivity contribution in [3.8, 4) is 5.88 Å². The third-order valence-electron chi connectivity index (χ3n) is 7.20. The summed E-state index contributed by atoms with van der Waals surface area (Å²) in [5.41, 5.74) is -0.199. The van der Waals surface area contributed by atoms with Crippen LogP contribution in [-0.4, -0.2) is 97.4 Å². The van der Waals surface area contributed by atoms with Crippen molar-refractivity contribution in [2.24, 2.45) is 0 Å². The highest BCUT2D eigenvalue weighted by molar-refractivity contribution is 5.96. The second-order valence-corrected chi connectivity index (χ2v) is 9.91. The van der Waals surface area contributed by atoms with Crippen molar-refractivity contribution in [3.63, 3.8) is 0 Å². The number of ether oxygens (including phenoxy) is 2. The number of nitrogens with zero attached hydrogens (tertiary/aromatic N) is 3. The Hall–Kier alpha value is -3.91. The monoisotopic (exact) mass is 579 g/mol. The lowest BCUT2D eigenvalue weighted by atomic mass is 10.0. The van der Waals surface area contributed by atoms with Crippen LogP contribution in [0.2, 0.25) is 0 Å². The van der Waals surface area contributed by atoms with Gasteiger partial charge in [-0.05, 0) is 37.1 Å². The molecule has 0 saturated carbocycles. The number of aromatic nitrogens is 1. The number of carbonyl (C=O) groups is 3. The first-order valence-electron chi connectivity index (χ1n) is 13.1. The summed E-state index contributed by atoms with van der Waals surface area (Å²) in [5.74, 6) is -1.99. The van der Waals surface area contributed by atoms with Gasteiger partial charge >= 0.3 is 12.1 Å². The first-order valence-corrected chi connectivity index (χ1v) is 13.1. The molecule has 3 heterocycles. The first-order chi connectivity index (χ1) is 19.5. The van der Waals surface area contributed by atoms with E-state index in [0.29, 0.717) is 25.0 Å². The van der Waals surface area contributed by atoms with Crippen molar-refractivity contribution in [2.45, 2.75) is 37.2 Å². The highest BCUT2D eigenvalue weighted by Crippen LogP contribution is 2.30. The number of piperidine rings is 1. The molecule has 1 aromatic carbocycles. The van der Waals surface area contributed by atoms with Gasteiger partial charge in [-0.1, -0.05) is 6.07 Å². The number of amides is 2. The average Bonchev–Trinajstić information content (AvgIpc) is 3.36. The van der Waals surface area contributed by atoms with Gasteiger partial charge in [0.1, 0.15) is 6.61 Å². The zero-order valence-corrected chi connectivity index (χ0v) is 22.4. The van der Waals surface area contributed by atoms with E-state index >= 15 is 0 Å². The van der Waals surface area contributed by atoms with E-state index in [-0.39, 0.29) is 11.6 Å². The second-order valence-electron chi connectivity index (χ2n) is 9.91. The molecule has 14 heteroatoms. The van der Waals surface area contributed by atoms with Gasteiger partial charge in [0.05, 0.1) is 43.2 Å². The van der Waals surface area contributed by atoms with Crippen molar-refractivity contribution in [3.05, 3.63) is 53.7 Å². The van der Waals surface area contributed by atoms with Crippen LogP contribution >= 0.6 is 0 Å². The van der Waals surface area contributed by atoms with Gasteiger partial charge in [0.15, 0.2) is 0 Å². The predicted molar refractivity (Wildman–Crippen MR) is 141 cm³/mol. The van der Waals surface area contributed by atoms with E-state index in [4.69, 9.17) is 14.6 Å². The number of likely N-dealkylation sites (tertiary alicyclic amines) is 1. The molecule has 4 rings (SSSR count). The van der Waals surface area contributed by atoms with Gasteiger partial charge in [0.2, 0.25) is 11.8 Å². The number of carboxylic acids is 1. The zero-order chi connectivity index (χ0) is 29.6. The van der Waals surface area contributed by atoms with E-state index in [1.54, 1.807) is 13.3 Å². The minimum atomic E-state index is -4.60. The first kappa shape index (κ1) is 30.1. The van der Waals surface area contributed by atoms with Gasteiger partial charge in [-0.15, -0.1) is 0 Å². The Labute approximate surface area is 234 Å². The number of methoxy groups -OCH3 is 1. The maximum atomic E-state index is 13.0. The Kier molecular flexibility index (Phi) is 9.65. The number of halogens is 3. The molecule has 222 valence electrons. The molecule has 0 spiro atoms. The number of carbonyl (C=O) groups excluding carboxylic acids is 2. The van der Waals surface area contributed by atoms with Gasteiger partial charge in [-0.2, -0.15) is 13.2 Å². The summed E-state index contributed by atoms with van der Waals surface area (Å²) < 4.78 is 49.5. The fourth-order valence-electron chi connectivity index (χ4n) is 5.11. The lowest BCUT2D eigenvalue weighted by Gasteiger charge is -2.37. The maximum Gasteiger partial charge on any atom is 0.416 e. The average molecular weight is 580 g/mol. The zero-order valence-electron chi connectivity index (χ0n) is 22.4. The van der Waals surface area contributed by atoms with E-state index in [0.717, 1.165) is 43.8 Å². The minimum absolute atomic E-state index is 0.191. The Morgan fingerprint density at radius 2 is 1.88 bits per heavy atom. The van der Waals surface area contributed by atoms with Crippen molar-refractivity contribution in [1.29, 1.82) is 0 Å². The van der Waals surface area contributed by atoms with Crippen LogP contribution in [0.5, 0.6) is 5.88 Å². The van der Waals surface area contributed by atoms with Crippen LogP contribution in [0.15, 0.2) is 42.6 Å². The maximum absolute atomic E-state index is 13.0. The number of pyridine rings is 1. The number of rotatable bonds is 10. The Morgan fingerprint density at radius 3 is 2.51 bits per heavy atom. The smallest absolute Gasteiger partial charge is 0.416 e. The highest BCUT2D eigenvalue weighted by Gasteiger charge is 2.39. The summed E-state index contributed by atoms with van der Waals surface area (Å²) in [7, 11) is 1.56. The Morgan fingerprint density at radius 1 is 1.12 bits per heavy atom. The fraction of sp³-hybridized carbons (Fsp3) is 0.481. The van der Waals surface area contributed by atoms with Crippen molar-refractivity contribution in [1.82, 2.24) is 20.5 Å². The van der Waals surface area contributed by atoms with Gasteiger partial charge < -0.3 is 30.1 Å². The van der Waals surface area contributed by atoms with Gasteiger partial charge in [0.25, 0.3) is 5.91 Å². The second kappa shape index (κ2) is 13.2. The number of alkyl halides is 3. The normalized spacial score (nSPS) is 20.0. The molecule has 11 nitrogen and oxygen atoms in total. The summed E-state index contributed by atoms with van der Waals surface area (Å²) in [6.07, 6.45) is -1.74. The molecule has 2 saturated heterocycles. The predicted octanol–water partition coefficient (Wildman–Crippen LogP) is 1.78. The molecule has 0 unspecified atom stereocenters. The Bertz CT molecular complexity index is 1220. The molecule has 2 aromatic rings. The highest BCUT2D eigenvalue weighted by atomic mass is 19.4. The number of hydrogen-bond donors (Lipinski definition) is 3. The van der Waals surface area contributed by atoms with Gasteiger partial charge in [0, 0.05) is 43.9 Å². The van der Waals surface area contributed by atoms with E-state index in [1.165, 1.54) is 6.07 Å². The number of carboxylic acid groups (broad SMARTS) is 1. The van der Waals surface area contributed by atoms with E-state index in [1.807, 2.05) is 12.1 Å². The van der Waals surface area contributed by atoms with Gasteiger partial charge in [-0.25, -0.2) is 9.78 Å². The molecule has 0 aliphatic carbocycles. The van der Waals surface area contributed by atoms with Crippen molar-refractivity contribution >= 4 is 23.5 Å². The minimum Gasteiger partial charge on any atom is -0.481 e. The molecular weight excluding hydrogens is 547 g/mol. The van der Waals surface area contributed by atoms with Crippen LogP contribution in [0, 0.1) is 0 Å². The van der Waals surface area contributed by atoms with E-state index in [9.17, 15) is 27.6 Å². The van der Waals surface area contributed by atoms with Crippen molar-refractivity contribution < 1.29 is 42.1 Å². The standard InChI is InChI=1S/C27H32F3N5O6/c1-40-24-6-5-20(12-31-24)34-9-7-19(8-10-34)35-14-21(22(15-35)41-16-25(37)38)33-23(36)13-32-26(39)17-3-2-4-18(11-17)27(28,29)30/h2-6,11-12,19,21-22H,7-10,13-16H2,1H3,(H,32,39)(H,33,36)(H,37,38)/t21-,22-/m1/s1. The Balaban J connectivity index is 1.31. The van der Waals surface area contributed by atoms with Crippen LogP contribution in [0.1, 0.15) is 28.8 Å². The number of anilines is 1. The van der Waals surface area contributed by atoms with E-state index in [2.05, 4.69) is 25.4 Å². The van der Waals surface area contributed by atoms with Crippen LogP contribution in [0.4, 0.5) is 18.9 Å². The molecular formula is C27H32F3N5O6. The molecule has 2 aliphatic rings. The molecule has 2 amide bonds. The molecule has 1 aromatic heterocycles. The molecule has 2 fully saturated rings. The topological polar surface area (TPSA) is 133 Å². The lowest BCUT2D eigenvalue weighted by molar-refractivity contribution is -0.144. The molecule has 3 N–H and O–H groups in total. The van der Waals surface area contributed by atoms with Crippen LogP contribution in [0.3, 0.4) is 0 Å². The third kappa shape index (κ3) is 8.07. The fourth-order valence-corrected chi connectivity index (χ4v) is 5.11. The number of benzene rings is 1. The largest absolute Gasteiger partial charge is 0.481 e. The molecule has 0 radical (unpaired) electrons. The summed E-state index contributed by atoms with van der Waals surface area (Å²) in [6, 6.07) is 7.33. The summed E-state index contributed by atoms with van der Waals surface area (Å²) in [6.45, 7) is 1.42. The summed E-state index contributed by atoms with van der Waals surface area (Å²) in [4.78, 5) is 44.8. The summed E-state index contributed by atoms with van der Waals surface area (Å²) in [5, 5.41) is 14.2. The third-order valence-corrected chi connectivity index (χ3v) is 7.20. The molecule has 0 bridgehead atoms. The van der Waals surface area contributed by atoms with Crippen LogP contribution in [0.25, 0.3) is 0 Å². The summed E-state index contributed by atoms with van der Waals surface area (Å²) >= 11 is 0. The number of hydrogen-bond acceptors (Lipinski definition) is 8. The quantitative estimate of drug-likeness (QED) is 0.385.